The Labute approximate surface area is 70.3 Å². The molecular weight excluding hydrogens is 132 g/mol. The molecule has 0 nitrogen and oxygen atoms in total. The third-order valence-corrected chi connectivity index (χ3v) is 1.47. The predicted octanol–water partition coefficient (Wildman–Crippen LogP) is 3.72. The molecule has 0 amide bonds. The highest BCUT2D eigenvalue weighted by Crippen LogP contribution is 2.06. The van der Waals surface area contributed by atoms with Gasteiger partial charge in [-0.2, -0.15) is 0 Å². The van der Waals surface area contributed by atoms with Gasteiger partial charge in [-0.05, 0) is 26.2 Å². The average Bonchev–Trinajstić information content (AvgIpc) is 1.97. The molecule has 0 saturated carbocycles. The minimum Gasteiger partial charge on any atom is -0.0991 e. The van der Waals surface area contributed by atoms with Gasteiger partial charge in [0.15, 0.2) is 0 Å². The Hall–Kier alpha value is -0.780. The number of allylic oxidation sites excluding steroid dienone is 5. The third-order valence-electron chi connectivity index (χ3n) is 1.47. The Morgan fingerprint density at radius 1 is 1.45 bits per heavy atom. The van der Waals surface area contributed by atoms with Gasteiger partial charge in [0, 0.05) is 0 Å². The van der Waals surface area contributed by atoms with Crippen LogP contribution in [0.1, 0.15) is 27.2 Å². The van der Waals surface area contributed by atoms with Gasteiger partial charge in [-0.1, -0.05) is 43.4 Å². The molecule has 0 radical (unpaired) electrons. The summed E-state index contributed by atoms with van der Waals surface area (Å²) in [5, 5.41) is 0. The lowest BCUT2D eigenvalue weighted by Crippen LogP contribution is -1.85. The topological polar surface area (TPSA) is 0 Å². The van der Waals surface area contributed by atoms with Crippen molar-refractivity contribution in [1.82, 2.24) is 0 Å². The van der Waals surface area contributed by atoms with Gasteiger partial charge in [0.2, 0.25) is 0 Å². The zero-order chi connectivity index (χ0) is 8.69. The summed E-state index contributed by atoms with van der Waals surface area (Å²) >= 11 is 0. The van der Waals surface area contributed by atoms with E-state index in [2.05, 4.69) is 39.5 Å². The zero-order valence-corrected chi connectivity index (χ0v) is 7.80. The molecular formula is C11H18. The van der Waals surface area contributed by atoms with Crippen molar-refractivity contribution >= 4 is 0 Å². The maximum absolute atomic E-state index is 3.63. The maximum atomic E-state index is 3.63. The van der Waals surface area contributed by atoms with E-state index in [9.17, 15) is 0 Å². The van der Waals surface area contributed by atoms with Gasteiger partial charge < -0.3 is 0 Å². The van der Waals surface area contributed by atoms with Crippen molar-refractivity contribution in [2.75, 3.05) is 0 Å². The molecule has 0 aliphatic heterocycles. The van der Waals surface area contributed by atoms with Crippen LogP contribution in [-0.4, -0.2) is 0 Å². The molecule has 0 aliphatic carbocycles. The normalized spacial score (nSPS) is 13.0. The Kier molecular flexibility index (Phi) is 5.54. The van der Waals surface area contributed by atoms with Crippen LogP contribution in [0.4, 0.5) is 0 Å². The molecule has 0 aromatic heterocycles. The van der Waals surface area contributed by atoms with Crippen molar-refractivity contribution in [2.24, 2.45) is 5.92 Å². The summed E-state index contributed by atoms with van der Waals surface area (Å²) in [6.07, 6.45) is 9.39. The number of hydrogen-bond donors (Lipinski definition) is 0. The third kappa shape index (κ3) is 7.11. The van der Waals surface area contributed by atoms with Crippen LogP contribution in [0.25, 0.3) is 0 Å². The number of hydrogen-bond acceptors (Lipinski definition) is 0. The van der Waals surface area contributed by atoms with Crippen LogP contribution in [-0.2, 0) is 0 Å². The highest BCUT2D eigenvalue weighted by Gasteiger charge is 1.91. The van der Waals surface area contributed by atoms with Crippen LogP contribution >= 0.6 is 0 Å². The fraction of sp³-hybridized carbons (Fsp3) is 0.455. The molecule has 0 spiro atoms. The van der Waals surface area contributed by atoms with Gasteiger partial charge in [0.25, 0.3) is 0 Å². The lowest BCUT2D eigenvalue weighted by molar-refractivity contribution is 0.741. The van der Waals surface area contributed by atoms with Gasteiger partial charge in [-0.25, -0.2) is 0 Å². The molecule has 0 aromatic rings. The van der Waals surface area contributed by atoms with Crippen molar-refractivity contribution in [1.29, 1.82) is 0 Å². The monoisotopic (exact) mass is 150 g/mol. The van der Waals surface area contributed by atoms with E-state index in [0.29, 0.717) is 5.92 Å². The summed E-state index contributed by atoms with van der Waals surface area (Å²) in [6.45, 7) is 10.1. The van der Waals surface area contributed by atoms with E-state index >= 15 is 0 Å². The van der Waals surface area contributed by atoms with Crippen LogP contribution in [0.15, 0.2) is 36.5 Å². The summed E-state index contributed by atoms with van der Waals surface area (Å²) in [7, 11) is 0. The Balaban J connectivity index is 3.69. The fourth-order valence-corrected chi connectivity index (χ4v) is 0.768. The van der Waals surface area contributed by atoms with Crippen molar-refractivity contribution in [3.8, 4) is 0 Å². The number of rotatable bonds is 4. The maximum Gasteiger partial charge on any atom is -0.0224 e. The predicted molar refractivity (Wildman–Crippen MR) is 52.5 cm³/mol. The van der Waals surface area contributed by atoms with Gasteiger partial charge in [-0.3, -0.25) is 0 Å². The van der Waals surface area contributed by atoms with Gasteiger partial charge >= 0.3 is 0 Å². The van der Waals surface area contributed by atoms with Crippen molar-refractivity contribution in [2.45, 2.75) is 27.2 Å². The van der Waals surface area contributed by atoms with E-state index in [-0.39, 0.29) is 0 Å². The van der Waals surface area contributed by atoms with Crippen molar-refractivity contribution in [3.05, 3.63) is 36.5 Å². The minimum atomic E-state index is 0.628. The molecule has 0 heterocycles. The molecule has 0 bridgehead atoms. The Morgan fingerprint density at radius 2 is 2.09 bits per heavy atom. The van der Waals surface area contributed by atoms with Gasteiger partial charge in [0.1, 0.15) is 0 Å². The molecule has 11 heavy (non-hydrogen) atoms. The van der Waals surface area contributed by atoms with Crippen molar-refractivity contribution < 1.29 is 0 Å². The summed E-state index contributed by atoms with van der Waals surface area (Å²) in [6, 6.07) is 0. The highest BCUT2D eigenvalue weighted by atomic mass is 14.0. The lowest BCUT2D eigenvalue weighted by atomic mass is 10.1. The zero-order valence-electron chi connectivity index (χ0n) is 7.80. The molecule has 0 N–H and O–H groups in total. The average molecular weight is 150 g/mol. The van der Waals surface area contributed by atoms with E-state index in [4.69, 9.17) is 0 Å². The Bertz CT molecular complexity index is 157. The molecule has 1 unspecified atom stereocenters. The van der Waals surface area contributed by atoms with E-state index in [1.165, 1.54) is 5.57 Å². The first-order valence-electron chi connectivity index (χ1n) is 4.09. The first kappa shape index (κ1) is 10.2. The highest BCUT2D eigenvalue weighted by molar-refractivity contribution is 5.02. The SMILES string of the molecule is C=CC=CC(C)CC=C(C)C. The first-order chi connectivity index (χ1) is 5.16. The second kappa shape index (κ2) is 5.96. The molecule has 0 rings (SSSR count). The Morgan fingerprint density at radius 3 is 2.55 bits per heavy atom. The van der Waals surface area contributed by atoms with Crippen LogP contribution in [0, 0.1) is 5.92 Å². The van der Waals surface area contributed by atoms with E-state index in [1.54, 1.807) is 0 Å². The molecule has 0 heteroatoms. The second-order valence-electron chi connectivity index (χ2n) is 3.12. The molecule has 0 fully saturated rings. The second-order valence-corrected chi connectivity index (χ2v) is 3.12. The van der Waals surface area contributed by atoms with Gasteiger partial charge in [0.05, 0.1) is 0 Å². The quantitative estimate of drug-likeness (QED) is 0.423. The van der Waals surface area contributed by atoms with Crippen LogP contribution in [0.3, 0.4) is 0 Å². The van der Waals surface area contributed by atoms with Crippen LogP contribution < -0.4 is 0 Å². The van der Waals surface area contributed by atoms with Crippen molar-refractivity contribution in [3.63, 3.8) is 0 Å². The van der Waals surface area contributed by atoms with E-state index in [0.717, 1.165) is 6.42 Å². The molecule has 1 atom stereocenters. The fourth-order valence-electron chi connectivity index (χ4n) is 0.768. The van der Waals surface area contributed by atoms with Crippen LogP contribution in [0.2, 0.25) is 0 Å². The summed E-state index contributed by atoms with van der Waals surface area (Å²) in [5.74, 6) is 0.628. The smallest absolute Gasteiger partial charge is 0.0224 e. The summed E-state index contributed by atoms with van der Waals surface area (Å²) < 4.78 is 0. The van der Waals surface area contributed by atoms with E-state index in [1.807, 2.05) is 12.2 Å². The molecule has 0 saturated heterocycles. The molecule has 0 aliphatic rings. The van der Waals surface area contributed by atoms with E-state index < -0.39 is 0 Å². The molecule has 0 aromatic carbocycles. The standard InChI is InChI=1S/C11H18/c1-5-6-7-11(4)9-8-10(2)3/h5-8,11H,1,9H2,2-4H3. The first-order valence-corrected chi connectivity index (χ1v) is 4.09. The summed E-state index contributed by atoms with van der Waals surface area (Å²) in [4.78, 5) is 0. The summed E-state index contributed by atoms with van der Waals surface area (Å²) in [5.41, 5.74) is 1.39. The lowest BCUT2D eigenvalue weighted by Gasteiger charge is -2.00. The van der Waals surface area contributed by atoms with Gasteiger partial charge in [-0.15, -0.1) is 0 Å². The molecule has 62 valence electrons. The van der Waals surface area contributed by atoms with Crippen LogP contribution in [0.5, 0.6) is 0 Å². The minimum absolute atomic E-state index is 0.628. The largest absolute Gasteiger partial charge is 0.0991 e.